The molecule has 0 fully saturated rings. The summed E-state index contributed by atoms with van der Waals surface area (Å²) in [4.78, 5) is 2.27. The molecular weight excluding hydrogens is 256 g/mol. The first kappa shape index (κ1) is 16.3. The molecule has 0 heterocycles. The van der Waals surface area contributed by atoms with Crippen LogP contribution in [0.15, 0.2) is 18.2 Å². The molecule has 1 rings (SSSR count). The Bertz CT molecular complexity index is 392. The Morgan fingerprint density at radius 2 is 1.95 bits per heavy atom. The van der Waals surface area contributed by atoms with Crippen molar-refractivity contribution in [3.05, 3.63) is 28.8 Å². The molecule has 0 aliphatic carbocycles. The van der Waals surface area contributed by atoms with E-state index in [-0.39, 0.29) is 6.04 Å². The highest BCUT2D eigenvalue weighted by Gasteiger charge is 2.15. The molecule has 0 bridgehead atoms. The van der Waals surface area contributed by atoms with Crippen molar-refractivity contribution in [3.63, 3.8) is 0 Å². The van der Waals surface area contributed by atoms with E-state index in [2.05, 4.69) is 38.8 Å². The average molecular weight is 283 g/mol. The zero-order valence-electron chi connectivity index (χ0n) is 12.6. The standard InChI is InChI=1S/C16H27ClN2/c1-5-12(3)11-19(4)16-13(10-14(18)6-2)8-7-9-15(16)17/h7-9,12,14H,5-6,10-11,18H2,1-4H3. The maximum Gasteiger partial charge on any atom is 0.0642 e. The van der Waals surface area contributed by atoms with E-state index in [0.29, 0.717) is 5.92 Å². The lowest BCUT2D eigenvalue weighted by Crippen LogP contribution is -2.27. The normalized spacial score (nSPS) is 14.2. The first-order chi connectivity index (χ1) is 8.99. The van der Waals surface area contributed by atoms with Crippen molar-refractivity contribution in [2.75, 3.05) is 18.5 Å². The fourth-order valence-electron chi connectivity index (χ4n) is 2.27. The third kappa shape index (κ3) is 4.70. The Morgan fingerprint density at radius 3 is 2.53 bits per heavy atom. The number of para-hydroxylation sites is 1. The Morgan fingerprint density at radius 1 is 1.26 bits per heavy atom. The smallest absolute Gasteiger partial charge is 0.0642 e. The van der Waals surface area contributed by atoms with Gasteiger partial charge in [0, 0.05) is 19.6 Å². The lowest BCUT2D eigenvalue weighted by atomic mass is 10.0. The highest BCUT2D eigenvalue weighted by atomic mass is 35.5. The molecule has 3 heteroatoms. The van der Waals surface area contributed by atoms with E-state index in [9.17, 15) is 0 Å². The van der Waals surface area contributed by atoms with Gasteiger partial charge in [-0.25, -0.2) is 0 Å². The van der Waals surface area contributed by atoms with E-state index in [1.54, 1.807) is 0 Å². The van der Waals surface area contributed by atoms with Crippen LogP contribution in [0.4, 0.5) is 5.69 Å². The van der Waals surface area contributed by atoms with Crippen LogP contribution in [0.5, 0.6) is 0 Å². The van der Waals surface area contributed by atoms with E-state index in [1.165, 1.54) is 12.0 Å². The number of anilines is 1. The van der Waals surface area contributed by atoms with Gasteiger partial charge in [-0.2, -0.15) is 0 Å². The first-order valence-electron chi connectivity index (χ1n) is 7.23. The van der Waals surface area contributed by atoms with Crippen molar-refractivity contribution in [1.82, 2.24) is 0 Å². The molecule has 2 nitrogen and oxygen atoms in total. The van der Waals surface area contributed by atoms with Crippen molar-refractivity contribution < 1.29 is 0 Å². The predicted octanol–water partition coefficient (Wildman–Crippen LogP) is 4.10. The highest BCUT2D eigenvalue weighted by molar-refractivity contribution is 6.33. The van der Waals surface area contributed by atoms with Crippen molar-refractivity contribution in [1.29, 1.82) is 0 Å². The molecule has 2 N–H and O–H groups in total. The first-order valence-corrected chi connectivity index (χ1v) is 7.61. The van der Waals surface area contributed by atoms with Crippen LogP contribution >= 0.6 is 11.6 Å². The fraction of sp³-hybridized carbons (Fsp3) is 0.625. The number of benzene rings is 1. The van der Waals surface area contributed by atoms with Crippen molar-refractivity contribution in [2.45, 2.75) is 46.1 Å². The van der Waals surface area contributed by atoms with Gasteiger partial charge in [0.25, 0.3) is 0 Å². The topological polar surface area (TPSA) is 29.3 Å². The lowest BCUT2D eigenvalue weighted by molar-refractivity contribution is 0.558. The summed E-state index contributed by atoms with van der Waals surface area (Å²) in [5.41, 5.74) is 8.49. The van der Waals surface area contributed by atoms with Gasteiger partial charge in [0.15, 0.2) is 0 Å². The number of nitrogens with zero attached hydrogens (tertiary/aromatic N) is 1. The second kappa shape index (κ2) is 7.76. The quantitative estimate of drug-likeness (QED) is 0.816. The van der Waals surface area contributed by atoms with Gasteiger partial charge in [-0.3, -0.25) is 0 Å². The molecule has 108 valence electrons. The third-order valence-corrected chi connectivity index (χ3v) is 4.05. The molecule has 0 saturated carbocycles. The second-order valence-electron chi connectivity index (χ2n) is 5.51. The SMILES string of the molecule is CCC(C)CN(C)c1c(Cl)cccc1CC(N)CC. The van der Waals surface area contributed by atoms with Crippen LogP contribution in [0.1, 0.15) is 39.2 Å². The zero-order chi connectivity index (χ0) is 14.4. The monoisotopic (exact) mass is 282 g/mol. The summed E-state index contributed by atoms with van der Waals surface area (Å²) in [5, 5.41) is 0.826. The molecule has 1 aromatic rings. The summed E-state index contributed by atoms with van der Waals surface area (Å²) < 4.78 is 0. The van der Waals surface area contributed by atoms with Crippen LogP contribution in [0.25, 0.3) is 0 Å². The summed E-state index contributed by atoms with van der Waals surface area (Å²) in [6, 6.07) is 6.32. The van der Waals surface area contributed by atoms with Gasteiger partial charge < -0.3 is 10.6 Å². The van der Waals surface area contributed by atoms with Gasteiger partial charge >= 0.3 is 0 Å². The number of hydrogen-bond donors (Lipinski definition) is 1. The minimum absolute atomic E-state index is 0.203. The number of hydrogen-bond acceptors (Lipinski definition) is 2. The van der Waals surface area contributed by atoms with Gasteiger partial charge in [0.05, 0.1) is 10.7 Å². The van der Waals surface area contributed by atoms with Crippen LogP contribution < -0.4 is 10.6 Å². The van der Waals surface area contributed by atoms with Gasteiger partial charge in [-0.1, -0.05) is 50.9 Å². The van der Waals surface area contributed by atoms with Crippen molar-refractivity contribution in [3.8, 4) is 0 Å². The van der Waals surface area contributed by atoms with E-state index in [0.717, 1.165) is 30.1 Å². The molecule has 1 aromatic carbocycles. The molecule has 2 atom stereocenters. The molecule has 0 aliphatic rings. The molecule has 0 amide bonds. The molecular formula is C16H27ClN2. The maximum atomic E-state index is 6.40. The number of nitrogens with two attached hydrogens (primary N) is 1. The maximum absolute atomic E-state index is 6.40. The highest BCUT2D eigenvalue weighted by Crippen LogP contribution is 2.30. The van der Waals surface area contributed by atoms with Crippen LogP contribution in [0.2, 0.25) is 5.02 Å². The summed E-state index contributed by atoms with van der Waals surface area (Å²) in [5.74, 6) is 0.661. The van der Waals surface area contributed by atoms with Crippen LogP contribution in [-0.2, 0) is 6.42 Å². The largest absolute Gasteiger partial charge is 0.373 e. The second-order valence-corrected chi connectivity index (χ2v) is 5.92. The molecule has 0 spiro atoms. The Balaban J connectivity index is 2.96. The third-order valence-electron chi connectivity index (χ3n) is 3.74. The molecule has 0 aliphatic heterocycles. The minimum Gasteiger partial charge on any atom is -0.373 e. The van der Waals surface area contributed by atoms with Gasteiger partial charge in [0.1, 0.15) is 0 Å². The zero-order valence-corrected chi connectivity index (χ0v) is 13.4. The van der Waals surface area contributed by atoms with Crippen LogP contribution in [-0.4, -0.2) is 19.6 Å². The summed E-state index contributed by atoms with van der Waals surface area (Å²) in [6.45, 7) is 7.64. The molecule has 0 saturated heterocycles. The van der Waals surface area contributed by atoms with Crippen LogP contribution in [0, 0.1) is 5.92 Å². The fourth-order valence-corrected chi connectivity index (χ4v) is 2.61. The van der Waals surface area contributed by atoms with Gasteiger partial charge in [0.2, 0.25) is 0 Å². The Hall–Kier alpha value is -0.730. The van der Waals surface area contributed by atoms with Crippen LogP contribution in [0.3, 0.4) is 0 Å². The van der Waals surface area contributed by atoms with Crippen molar-refractivity contribution >= 4 is 17.3 Å². The number of rotatable bonds is 7. The van der Waals surface area contributed by atoms with Crippen molar-refractivity contribution in [2.24, 2.45) is 11.7 Å². The molecule has 0 radical (unpaired) electrons. The summed E-state index contributed by atoms with van der Waals surface area (Å²) in [7, 11) is 2.12. The number of halogens is 1. The summed E-state index contributed by atoms with van der Waals surface area (Å²) >= 11 is 6.40. The lowest BCUT2D eigenvalue weighted by Gasteiger charge is -2.27. The van der Waals surface area contributed by atoms with Gasteiger partial charge in [-0.15, -0.1) is 0 Å². The van der Waals surface area contributed by atoms with E-state index in [1.807, 2.05) is 12.1 Å². The van der Waals surface area contributed by atoms with Gasteiger partial charge in [-0.05, 0) is 30.4 Å². The Kier molecular flexibility index (Phi) is 6.67. The van der Waals surface area contributed by atoms with E-state index in [4.69, 9.17) is 17.3 Å². The van der Waals surface area contributed by atoms with E-state index >= 15 is 0 Å². The molecule has 2 unspecified atom stereocenters. The average Bonchev–Trinajstić information content (AvgIpc) is 2.38. The van der Waals surface area contributed by atoms with E-state index < -0.39 is 0 Å². The Labute approximate surface area is 122 Å². The summed E-state index contributed by atoms with van der Waals surface area (Å²) in [6.07, 6.45) is 3.05. The minimum atomic E-state index is 0.203. The molecule has 19 heavy (non-hydrogen) atoms. The molecule has 0 aromatic heterocycles. The predicted molar refractivity (Wildman–Crippen MR) is 86.1 cm³/mol.